The van der Waals surface area contributed by atoms with Gasteiger partial charge in [-0.05, 0) is 30.5 Å². The number of carbonyl (C=O) groups is 3. The molecule has 1 unspecified atom stereocenters. The van der Waals surface area contributed by atoms with Gasteiger partial charge in [0.2, 0.25) is 15.9 Å². The minimum atomic E-state index is -3.58. The molecule has 31 heavy (non-hydrogen) atoms. The Balaban J connectivity index is 1.94. The first-order valence-corrected chi connectivity index (χ1v) is 11.4. The fraction of sp³-hybridized carbons (Fsp3) is 0.318. The number of aliphatic carboxylic acids is 1. The van der Waals surface area contributed by atoms with Crippen molar-refractivity contribution in [2.45, 2.75) is 42.5 Å². The first-order chi connectivity index (χ1) is 14.8. The predicted molar refractivity (Wildman–Crippen MR) is 115 cm³/mol. The molecule has 0 fully saturated rings. The van der Waals surface area contributed by atoms with E-state index in [4.69, 9.17) is 5.11 Å². The monoisotopic (exact) mass is 446 g/mol. The first kappa shape index (κ1) is 24.2. The Hall–Kier alpha value is -3.04. The van der Waals surface area contributed by atoms with Crippen molar-refractivity contribution in [2.24, 2.45) is 0 Å². The number of aldehydes is 1. The third-order valence-electron chi connectivity index (χ3n) is 4.67. The van der Waals surface area contributed by atoms with E-state index in [1.54, 1.807) is 42.5 Å². The van der Waals surface area contributed by atoms with Crippen LogP contribution in [0.3, 0.4) is 0 Å². The molecule has 0 saturated carbocycles. The zero-order valence-electron chi connectivity index (χ0n) is 16.9. The fourth-order valence-electron chi connectivity index (χ4n) is 3.10. The normalized spacial score (nSPS) is 13.2. The molecule has 1 amide bonds. The van der Waals surface area contributed by atoms with Crippen LogP contribution in [0.15, 0.2) is 65.6 Å². The summed E-state index contributed by atoms with van der Waals surface area (Å²) in [6.45, 7) is 0.219. The van der Waals surface area contributed by atoms with Crippen LogP contribution >= 0.6 is 0 Å². The number of carboxylic acid groups (broad SMARTS) is 1. The van der Waals surface area contributed by atoms with Crippen molar-refractivity contribution in [3.63, 3.8) is 0 Å². The van der Waals surface area contributed by atoms with E-state index in [0.29, 0.717) is 25.5 Å². The van der Waals surface area contributed by atoms with E-state index in [1.807, 2.05) is 6.07 Å². The molecule has 0 aliphatic carbocycles. The molecule has 2 atom stereocenters. The topological polar surface area (TPSA) is 130 Å². The number of nitrogens with one attached hydrogen (secondary N) is 2. The highest BCUT2D eigenvalue weighted by atomic mass is 32.2. The van der Waals surface area contributed by atoms with Crippen LogP contribution in [0.1, 0.15) is 37.2 Å². The quantitative estimate of drug-likeness (QED) is 0.319. The summed E-state index contributed by atoms with van der Waals surface area (Å²) in [6.07, 6.45) is 1.40. The van der Waals surface area contributed by atoms with Gasteiger partial charge in [0.05, 0.1) is 23.3 Å². The van der Waals surface area contributed by atoms with E-state index in [-0.39, 0.29) is 11.4 Å². The van der Waals surface area contributed by atoms with Crippen LogP contribution in [0.5, 0.6) is 0 Å². The van der Waals surface area contributed by atoms with Gasteiger partial charge in [0.15, 0.2) is 0 Å². The molecule has 2 aromatic carbocycles. The van der Waals surface area contributed by atoms with Crippen LogP contribution in [0.2, 0.25) is 0 Å². The molecule has 3 N–H and O–H groups in total. The molecular formula is C22H26N2O6S. The molecule has 9 heteroatoms. The second-order valence-corrected chi connectivity index (χ2v) is 8.79. The SMILES string of the molecule is O=C[C@H](CC(=O)O)NC(=O)C(CCCCNS(=O)(=O)c1ccccc1)c1ccccc1. The molecule has 0 aliphatic rings. The van der Waals surface area contributed by atoms with Crippen LogP contribution in [0.4, 0.5) is 0 Å². The van der Waals surface area contributed by atoms with Crippen molar-refractivity contribution in [1.29, 1.82) is 0 Å². The number of carboxylic acids is 1. The van der Waals surface area contributed by atoms with Crippen LogP contribution in [-0.2, 0) is 24.4 Å². The Labute approximate surface area is 181 Å². The van der Waals surface area contributed by atoms with Crippen molar-refractivity contribution >= 4 is 28.2 Å². The molecule has 0 radical (unpaired) electrons. The largest absolute Gasteiger partial charge is 0.481 e. The minimum absolute atomic E-state index is 0.190. The lowest BCUT2D eigenvalue weighted by atomic mass is 9.92. The molecule has 0 aromatic heterocycles. The van der Waals surface area contributed by atoms with Gasteiger partial charge < -0.3 is 15.2 Å². The Bertz CT molecular complexity index is 964. The Morgan fingerprint density at radius 1 is 0.968 bits per heavy atom. The van der Waals surface area contributed by atoms with Crippen LogP contribution in [0.25, 0.3) is 0 Å². The number of hydrogen-bond donors (Lipinski definition) is 3. The number of sulfonamides is 1. The summed E-state index contributed by atoms with van der Waals surface area (Å²) in [4.78, 5) is 34.9. The summed E-state index contributed by atoms with van der Waals surface area (Å²) in [5, 5.41) is 11.3. The Kier molecular flexibility index (Phi) is 9.36. The highest BCUT2D eigenvalue weighted by Crippen LogP contribution is 2.22. The standard InChI is InChI=1S/C22H26N2O6S/c25-16-18(15-21(26)27)24-22(28)20(17-9-3-1-4-10-17)13-7-8-14-23-31(29,30)19-11-5-2-6-12-19/h1-6,9-12,16,18,20,23H,7-8,13-15H2,(H,24,28)(H,26,27)/t18-,20?/m0/s1. The number of carbonyl (C=O) groups excluding carboxylic acids is 2. The van der Waals surface area contributed by atoms with Gasteiger partial charge in [-0.2, -0.15) is 0 Å². The summed E-state index contributed by atoms with van der Waals surface area (Å²) >= 11 is 0. The summed E-state index contributed by atoms with van der Waals surface area (Å²) in [5.74, 6) is -2.20. The van der Waals surface area contributed by atoms with Gasteiger partial charge in [0.1, 0.15) is 6.29 Å². The Morgan fingerprint density at radius 3 is 2.16 bits per heavy atom. The van der Waals surface area contributed by atoms with Gasteiger partial charge in [0.25, 0.3) is 0 Å². The second kappa shape index (κ2) is 12.0. The number of benzene rings is 2. The van der Waals surface area contributed by atoms with Gasteiger partial charge in [0, 0.05) is 6.54 Å². The molecule has 0 heterocycles. The average Bonchev–Trinajstić information content (AvgIpc) is 2.76. The second-order valence-electron chi connectivity index (χ2n) is 7.02. The number of amides is 1. The van der Waals surface area contributed by atoms with Crippen molar-refractivity contribution in [1.82, 2.24) is 10.0 Å². The van der Waals surface area contributed by atoms with Gasteiger partial charge >= 0.3 is 5.97 Å². The lowest BCUT2D eigenvalue weighted by Crippen LogP contribution is -2.40. The maximum absolute atomic E-state index is 12.7. The molecule has 8 nitrogen and oxygen atoms in total. The molecule has 0 spiro atoms. The van der Waals surface area contributed by atoms with E-state index in [0.717, 1.165) is 5.56 Å². The van der Waals surface area contributed by atoms with Crippen LogP contribution in [-0.4, -0.2) is 44.3 Å². The lowest BCUT2D eigenvalue weighted by Gasteiger charge is -2.19. The molecule has 166 valence electrons. The van der Waals surface area contributed by atoms with Gasteiger partial charge in [-0.1, -0.05) is 55.0 Å². The third kappa shape index (κ3) is 7.95. The Morgan fingerprint density at radius 2 is 1.58 bits per heavy atom. The average molecular weight is 447 g/mol. The van der Waals surface area contributed by atoms with Crippen LogP contribution < -0.4 is 10.0 Å². The molecule has 0 aliphatic heterocycles. The molecule has 2 rings (SSSR count). The smallest absolute Gasteiger partial charge is 0.305 e. The minimum Gasteiger partial charge on any atom is -0.481 e. The van der Waals surface area contributed by atoms with Crippen molar-refractivity contribution in [3.05, 3.63) is 66.2 Å². The molecule has 0 bridgehead atoms. The van der Waals surface area contributed by atoms with E-state index in [1.165, 1.54) is 12.1 Å². The highest BCUT2D eigenvalue weighted by molar-refractivity contribution is 7.89. The van der Waals surface area contributed by atoms with Crippen molar-refractivity contribution < 1.29 is 27.9 Å². The number of unbranched alkanes of at least 4 members (excludes halogenated alkanes) is 1. The van der Waals surface area contributed by atoms with E-state index < -0.39 is 40.3 Å². The number of hydrogen-bond acceptors (Lipinski definition) is 5. The first-order valence-electron chi connectivity index (χ1n) is 9.90. The predicted octanol–water partition coefficient (Wildman–Crippen LogP) is 2.08. The summed E-state index contributed by atoms with van der Waals surface area (Å²) in [7, 11) is -3.58. The van der Waals surface area contributed by atoms with Gasteiger partial charge in [-0.3, -0.25) is 9.59 Å². The maximum Gasteiger partial charge on any atom is 0.305 e. The highest BCUT2D eigenvalue weighted by Gasteiger charge is 2.24. The van der Waals surface area contributed by atoms with Gasteiger partial charge in [-0.25, -0.2) is 13.1 Å². The lowest BCUT2D eigenvalue weighted by molar-refractivity contribution is -0.138. The molecular weight excluding hydrogens is 420 g/mol. The zero-order valence-corrected chi connectivity index (χ0v) is 17.8. The maximum atomic E-state index is 12.7. The van der Waals surface area contributed by atoms with Crippen molar-refractivity contribution in [3.8, 4) is 0 Å². The van der Waals surface area contributed by atoms with E-state index in [9.17, 15) is 22.8 Å². The third-order valence-corrected chi connectivity index (χ3v) is 6.15. The molecule has 0 saturated heterocycles. The van der Waals surface area contributed by atoms with E-state index >= 15 is 0 Å². The summed E-state index contributed by atoms with van der Waals surface area (Å²) in [5.41, 5.74) is 0.741. The number of rotatable bonds is 13. The summed E-state index contributed by atoms with van der Waals surface area (Å²) in [6, 6.07) is 15.9. The van der Waals surface area contributed by atoms with Gasteiger partial charge in [-0.15, -0.1) is 0 Å². The van der Waals surface area contributed by atoms with Crippen LogP contribution in [0, 0.1) is 0 Å². The van der Waals surface area contributed by atoms with E-state index in [2.05, 4.69) is 10.0 Å². The zero-order chi connectivity index (χ0) is 22.7. The fourth-order valence-corrected chi connectivity index (χ4v) is 4.20. The molecule has 2 aromatic rings. The van der Waals surface area contributed by atoms with Crippen molar-refractivity contribution in [2.75, 3.05) is 6.54 Å². The summed E-state index contributed by atoms with van der Waals surface area (Å²) < 4.78 is 27.0.